The SMILES string of the molecule is CCCCc1[nH]c(=O)[nH]c1C(=O)Cc1cc(OCC)cc(OCC)c1. The van der Waals surface area contributed by atoms with Crippen LogP contribution in [0, 0.1) is 0 Å². The fourth-order valence-corrected chi connectivity index (χ4v) is 2.71. The van der Waals surface area contributed by atoms with Crippen LogP contribution in [-0.2, 0) is 12.8 Å². The van der Waals surface area contributed by atoms with E-state index in [2.05, 4.69) is 16.9 Å². The number of nitrogens with one attached hydrogen (secondary N) is 2. The molecule has 0 saturated heterocycles. The lowest BCUT2D eigenvalue weighted by Gasteiger charge is -2.10. The third kappa shape index (κ3) is 5.24. The first kappa shape index (κ1) is 18.8. The maximum Gasteiger partial charge on any atom is 0.323 e. The molecule has 0 saturated carbocycles. The Morgan fingerprint density at radius 2 is 1.64 bits per heavy atom. The molecule has 0 aliphatic rings. The number of ether oxygens (including phenoxy) is 2. The van der Waals surface area contributed by atoms with E-state index in [4.69, 9.17) is 9.47 Å². The Bertz CT molecular complexity index is 737. The van der Waals surface area contributed by atoms with Crippen LogP contribution in [0.3, 0.4) is 0 Å². The van der Waals surface area contributed by atoms with E-state index < -0.39 is 0 Å². The van der Waals surface area contributed by atoms with Gasteiger partial charge < -0.3 is 19.4 Å². The van der Waals surface area contributed by atoms with Gasteiger partial charge in [0.25, 0.3) is 0 Å². The third-order valence-electron chi connectivity index (χ3n) is 3.79. The number of ketones is 1. The Morgan fingerprint density at radius 3 is 2.20 bits per heavy atom. The summed E-state index contributed by atoms with van der Waals surface area (Å²) in [5.41, 5.74) is 1.51. The molecule has 0 bridgehead atoms. The average molecular weight is 346 g/mol. The molecular weight excluding hydrogens is 320 g/mol. The summed E-state index contributed by atoms with van der Waals surface area (Å²) in [5.74, 6) is 1.22. The van der Waals surface area contributed by atoms with E-state index >= 15 is 0 Å². The molecule has 0 spiro atoms. The zero-order valence-corrected chi connectivity index (χ0v) is 15.1. The second-order valence-electron chi connectivity index (χ2n) is 5.81. The largest absolute Gasteiger partial charge is 0.494 e. The fraction of sp³-hybridized carbons (Fsp3) is 0.474. The summed E-state index contributed by atoms with van der Waals surface area (Å²) in [6, 6.07) is 5.48. The molecule has 2 N–H and O–H groups in total. The molecule has 6 heteroatoms. The molecule has 2 rings (SSSR count). The normalized spacial score (nSPS) is 10.7. The highest BCUT2D eigenvalue weighted by molar-refractivity contribution is 5.96. The highest BCUT2D eigenvalue weighted by Gasteiger charge is 2.16. The van der Waals surface area contributed by atoms with Gasteiger partial charge in [-0.25, -0.2) is 4.79 Å². The van der Waals surface area contributed by atoms with E-state index in [1.165, 1.54) is 0 Å². The van der Waals surface area contributed by atoms with E-state index in [1.807, 2.05) is 32.0 Å². The average Bonchev–Trinajstić information content (AvgIpc) is 2.94. The first-order valence-electron chi connectivity index (χ1n) is 8.81. The first-order valence-corrected chi connectivity index (χ1v) is 8.81. The molecule has 0 aliphatic heterocycles. The predicted molar refractivity (Wildman–Crippen MR) is 96.8 cm³/mol. The summed E-state index contributed by atoms with van der Waals surface area (Å²) >= 11 is 0. The van der Waals surface area contributed by atoms with E-state index in [-0.39, 0.29) is 17.9 Å². The number of carbonyl (C=O) groups excluding carboxylic acids is 1. The Kier molecular flexibility index (Phi) is 6.86. The lowest BCUT2D eigenvalue weighted by Crippen LogP contribution is -2.09. The minimum Gasteiger partial charge on any atom is -0.494 e. The zero-order chi connectivity index (χ0) is 18.2. The molecule has 0 fully saturated rings. The minimum atomic E-state index is -0.340. The molecule has 0 aliphatic carbocycles. The van der Waals surface area contributed by atoms with Gasteiger partial charge in [-0.1, -0.05) is 13.3 Å². The molecule has 1 heterocycles. The Balaban J connectivity index is 2.23. The second-order valence-corrected chi connectivity index (χ2v) is 5.81. The van der Waals surface area contributed by atoms with Gasteiger partial charge in [-0.3, -0.25) is 4.79 Å². The Morgan fingerprint density at radius 1 is 1.00 bits per heavy atom. The minimum absolute atomic E-state index is 0.124. The Hall–Kier alpha value is -2.50. The molecule has 0 atom stereocenters. The van der Waals surface area contributed by atoms with Gasteiger partial charge in [-0.15, -0.1) is 0 Å². The summed E-state index contributed by atoms with van der Waals surface area (Å²) in [6.45, 7) is 6.96. The van der Waals surface area contributed by atoms with Gasteiger partial charge in [-0.2, -0.15) is 0 Å². The van der Waals surface area contributed by atoms with Gasteiger partial charge in [0.05, 0.1) is 13.2 Å². The van der Waals surface area contributed by atoms with Crippen LogP contribution < -0.4 is 15.2 Å². The van der Waals surface area contributed by atoms with Crippen molar-refractivity contribution in [1.29, 1.82) is 0 Å². The van der Waals surface area contributed by atoms with E-state index in [0.717, 1.165) is 18.4 Å². The van der Waals surface area contributed by atoms with Crippen molar-refractivity contribution in [3.05, 3.63) is 45.6 Å². The maximum absolute atomic E-state index is 12.7. The number of aryl methyl sites for hydroxylation is 1. The summed E-state index contributed by atoms with van der Waals surface area (Å²) in [5, 5.41) is 0. The van der Waals surface area contributed by atoms with Crippen molar-refractivity contribution >= 4 is 5.78 Å². The highest BCUT2D eigenvalue weighted by Crippen LogP contribution is 2.24. The number of Topliss-reactive ketones (excluding diaryl/α,β-unsaturated/α-hetero) is 1. The number of H-pyrrole nitrogens is 2. The summed E-state index contributed by atoms with van der Waals surface area (Å²) in [7, 11) is 0. The standard InChI is InChI=1S/C19H26N2O4/c1-4-7-8-16-18(21-19(23)20-16)17(22)11-13-9-14(24-5-2)12-15(10-13)25-6-3/h9-10,12H,4-8,11H2,1-3H3,(H2,20,21,23). The quantitative estimate of drug-likeness (QED) is 0.647. The lowest BCUT2D eigenvalue weighted by molar-refractivity contribution is 0.0987. The van der Waals surface area contributed by atoms with E-state index in [1.54, 1.807) is 0 Å². The van der Waals surface area contributed by atoms with Crippen LogP contribution >= 0.6 is 0 Å². The zero-order valence-electron chi connectivity index (χ0n) is 15.1. The number of aromatic amines is 2. The van der Waals surface area contributed by atoms with Gasteiger partial charge in [0.2, 0.25) is 0 Å². The Labute approximate surface area is 147 Å². The van der Waals surface area contributed by atoms with Crippen molar-refractivity contribution in [3.8, 4) is 11.5 Å². The monoisotopic (exact) mass is 346 g/mol. The lowest BCUT2D eigenvalue weighted by atomic mass is 10.0. The van der Waals surface area contributed by atoms with Crippen LogP contribution in [0.15, 0.2) is 23.0 Å². The molecule has 1 aromatic carbocycles. The number of unbranched alkanes of at least 4 members (excludes halogenated alkanes) is 1. The van der Waals surface area contributed by atoms with Crippen LogP contribution in [0.5, 0.6) is 11.5 Å². The van der Waals surface area contributed by atoms with Crippen molar-refractivity contribution < 1.29 is 14.3 Å². The molecule has 1 aromatic heterocycles. The van der Waals surface area contributed by atoms with Crippen molar-refractivity contribution in [2.45, 2.75) is 46.5 Å². The molecule has 0 unspecified atom stereocenters. The number of hydrogen-bond acceptors (Lipinski definition) is 4. The van der Waals surface area contributed by atoms with Gasteiger partial charge in [0, 0.05) is 18.2 Å². The van der Waals surface area contributed by atoms with E-state index in [9.17, 15) is 9.59 Å². The fourth-order valence-electron chi connectivity index (χ4n) is 2.71. The summed E-state index contributed by atoms with van der Waals surface area (Å²) < 4.78 is 11.1. The van der Waals surface area contributed by atoms with Crippen LogP contribution in [-0.4, -0.2) is 29.0 Å². The van der Waals surface area contributed by atoms with Gasteiger partial charge >= 0.3 is 5.69 Å². The summed E-state index contributed by atoms with van der Waals surface area (Å²) in [4.78, 5) is 29.6. The van der Waals surface area contributed by atoms with Crippen molar-refractivity contribution in [2.75, 3.05) is 13.2 Å². The predicted octanol–water partition coefficient (Wildman–Crippen LogP) is 3.27. The first-order chi connectivity index (χ1) is 12.1. The van der Waals surface area contributed by atoms with Crippen molar-refractivity contribution in [1.82, 2.24) is 9.97 Å². The molecule has 2 aromatic rings. The van der Waals surface area contributed by atoms with Gasteiger partial charge in [0.15, 0.2) is 5.78 Å². The molecule has 6 nitrogen and oxygen atoms in total. The number of benzene rings is 1. The molecule has 0 radical (unpaired) electrons. The smallest absolute Gasteiger partial charge is 0.323 e. The number of rotatable bonds is 10. The van der Waals surface area contributed by atoms with Crippen LogP contribution in [0.4, 0.5) is 0 Å². The van der Waals surface area contributed by atoms with Gasteiger partial charge in [-0.05, 0) is 44.4 Å². The van der Waals surface area contributed by atoms with Crippen molar-refractivity contribution in [3.63, 3.8) is 0 Å². The third-order valence-corrected chi connectivity index (χ3v) is 3.79. The number of aromatic nitrogens is 2. The number of carbonyl (C=O) groups is 1. The van der Waals surface area contributed by atoms with Crippen LogP contribution in [0.25, 0.3) is 0 Å². The molecular formula is C19H26N2O4. The van der Waals surface area contributed by atoms with E-state index in [0.29, 0.717) is 42.5 Å². The maximum atomic E-state index is 12.7. The highest BCUT2D eigenvalue weighted by atomic mass is 16.5. The molecule has 136 valence electrons. The van der Waals surface area contributed by atoms with Gasteiger partial charge in [0.1, 0.15) is 17.2 Å². The molecule has 25 heavy (non-hydrogen) atoms. The summed E-state index contributed by atoms with van der Waals surface area (Å²) in [6.07, 6.45) is 2.77. The molecule has 0 amide bonds. The second kappa shape index (κ2) is 9.11. The van der Waals surface area contributed by atoms with Crippen LogP contribution in [0.2, 0.25) is 0 Å². The topological polar surface area (TPSA) is 84.2 Å². The number of hydrogen-bond donors (Lipinski definition) is 2. The number of imidazole rings is 1. The van der Waals surface area contributed by atoms with Crippen molar-refractivity contribution in [2.24, 2.45) is 0 Å². The van der Waals surface area contributed by atoms with Crippen LogP contribution in [0.1, 0.15) is 55.4 Å².